The van der Waals surface area contributed by atoms with Crippen molar-refractivity contribution in [3.8, 4) is 0 Å². The number of fused-ring (bicyclic) bond motifs is 2. The number of nitrogens with zero attached hydrogens (tertiary/aromatic N) is 2. The summed E-state index contributed by atoms with van der Waals surface area (Å²) in [4.78, 5) is 25.4. The van der Waals surface area contributed by atoms with Crippen molar-refractivity contribution in [3.63, 3.8) is 0 Å². The van der Waals surface area contributed by atoms with Crippen LogP contribution in [0.4, 0.5) is 0 Å². The molecule has 3 heterocycles. The predicted octanol–water partition coefficient (Wildman–Crippen LogP) is 0.811. The molecule has 1 atom stereocenters. The van der Waals surface area contributed by atoms with Crippen molar-refractivity contribution in [1.29, 1.82) is 0 Å². The number of piperidine rings is 1. The summed E-state index contributed by atoms with van der Waals surface area (Å²) in [6.07, 6.45) is 5.93. The van der Waals surface area contributed by atoms with Crippen LogP contribution in [0.15, 0.2) is 21.6 Å². The van der Waals surface area contributed by atoms with E-state index in [2.05, 4.69) is 15.4 Å². The smallest absolute Gasteiger partial charge is 0.292 e. The maximum absolute atomic E-state index is 12.5. The molecule has 1 aliphatic carbocycles. The van der Waals surface area contributed by atoms with Crippen LogP contribution < -0.4 is 5.56 Å². The molecular weight excluding hydrogens is 272 g/mol. The summed E-state index contributed by atoms with van der Waals surface area (Å²) in [5.41, 5.74) is 2.03. The van der Waals surface area contributed by atoms with Gasteiger partial charge < -0.3 is 9.42 Å². The topological polar surface area (TPSA) is 95.0 Å². The van der Waals surface area contributed by atoms with Gasteiger partial charge >= 0.3 is 0 Å². The molecule has 110 valence electrons. The fraction of sp³-hybridized carbons (Fsp3) is 0.500. The third kappa shape index (κ3) is 1.84. The first-order valence-electron chi connectivity index (χ1n) is 7.18. The van der Waals surface area contributed by atoms with E-state index in [4.69, 9.17) is 4.52 Å². The minimum Gasteiger partial charge on any atom is -0.373 e. The molecule has 1 aliphatic heterocycles. The van der Waals surface area contributed by atoms with Crippen LogP contribution >= 0.6 is 0 Å². The number of H-pyrrole nitrogens is 2. The van der Waals surface area contributed by atoms with Gasteiger partial charge in [-0.25, -0.2) is 0 Å². The van der Waals surface area contributed by atoms with E-state index in [-0.39, 0.29) is 22.6 Å². The van der Waals surface area contributed by atoms with E-state index in [0.29, 0.717) is 13.1 Å². The second-order valence-corrected chi connectivity index (χ2v) is 5.96. The molecular formula is C14H16N4O3. The van der Waals surface area contributed by atoms with Crippen LogP contribution in [0.5, 0.6) is 0 Å². The molecule has 2 aromatic rings. The highest BCUT2D eigenvalue weighted by Crippen LogP contribution is 2.43. The van der Waals surface area contributed by atoms with Gasteiger partial charge in [-0.15, -0.1) is 0 Å². The first-order chi connectivity index (χ1) is 10.2. The SMILES string of the molecule is O=C(c1cc(=O)[nH]o1)N1CCCC2(CCc3cn[nH]c32)C1. The number of aromatic amines is 2. The minimum absolute atomic E-state index is 0.0175. The fourth-order valence-corrected chi connectivity index (χ4v) is 3.72. The number of hydrogen-bond donors (Lipinski definition) is 2. The van der Waals surface area contributed by atoms with E-state index in [1.165, 1.54) is 17.3 Å². The van der Waals surface area contributed by atoms with Crippen molar-refractivity contribution in [2.24, 2.45) is 0 Å². The molecule has 0 aromatic carbocycles. The average Bonchev–Trinajstić information content (AvgIpc) is 3.18. The lowest BCUT2D eigenvalue weighted by molar-refractivity contribution is 0.0592. The Balaban J connectivity index is 1.62. The standard InChI is InChI=1S/C14H16N4O3/c19-11-6-10(21-17-11)13(20)18-5-1-3-14(8-18)4-2-9-7-15-16-12(9)14/h6-7H,1-5,8H2,(H,15,16)(H,17,19). The van der Waals surface area contributed by atoms with E-state index < -0.39 is 0 Å². The van der Waals surface area contributed by atoms with E-state index in [1.807, 2.05) is 6.20 Å². The maximum Gasteiger partial charge on any atom is 0.292 e. The van der Waals surface area contributed by atoms with E-state index >= 15 is 0 Å². The van der Waals surface area contributed by atoms with Crippen LogP contribution in [0.1, 0.15) is 41.1 Å². The Labute approximate surface area is 120 Å². The molecule has 1 spiro atoms. The Morgan fingerprint density at radius 1 is 1.43 bits per heavy atom. The van der Waals surface area contributed by atoms with Crippen molar-refractivity contribution < 1.29 is 9.32 Å². The second kappa shape index (κ2) is 4.34. The number of aromatic nitrogens is 3. The van der Waals surface area contributed by atoms with Gasteiger partial charge in [0.1, 0.15) is 0 Å². The van der Waals surface area contributed by atoms with Gasteiger partial charge in [-0.2, -0.15) is 10.3 Å². The Bertz CT molecular complexity index is 743. The van der Waals surface area contributed by atoms with Gasteiger partial charge in [-0.1, -0.05) is 0 Å². The number of nitrogens with one attached hydrogen (secondary N) is 2. The van der Waals surface area contributed by atoms with E-state index in [9.17, 15) is 9.59 Å². The molecule has 4 rings (SSSR count). The highest BCUT2D eigenvalue weighted by atomic mass is 16.5. The second-order valence-electron chi connectivity index (χ2n) is 5.96. The number of hydrogen-bond acceptors (Lipinski definition) is 4. The lowest BCUT2D eigenvalue weighted by Crippen LogP contribution is -2.47. The maximum atomic E-state index is 12.5. The van der Waals surface area contributed by atoms with Crippen molar-refractivity contribution >= 4 is 5.91 Å². The normalized spacial score (nSPS) is 24.5. The van der Waals surface area contributed by atoms with Gasteiger partial charge in [0.15, 0.2) is 0 Å². The van der Waals surface area contributed by atoms with Gasteiger partial charge in [0.2, 0.25) is 5.76 Å². The monoisotopic (exact) mass is 288 g/mol. The fourth-order valence-electron chi connectivity index (χ4n) is 3.72. The van der Waals surface area contributed by atoms with Crippen LogP contribution in [-0.4, -0.2) is 39.3 Å². The van der Waals surface area contributed by atoms with Gasteiger partial charge in [-0.05, 0) is 31.2 Å². The molecule has 0 bridgehead atoms. The summed E-state index contributed by atoms with van der Waals surface area (Å²) in [5, 5.41) is 9.41. The molecule has 1 saturated heterocycles. The van der Waals surface area contributed by atoms with Crippen LogP contribution in [0, 0.1) is 0 Å². The number of amides is 1. The molecule has 7 nitrogen and oxygen atoms in total. The molecule has 2 aromatic heterocycles. The highest BCUT2D eigenvalue weighted by Gasteiger charge is 2.44. The Hall–Kier alpha value is -2.31. The van der Waals surface area contributed by atoms with Gasteiger partial charge in [-0.3, -0.25) is 14.7 Å². The summed E-state index contributed by atoms with van der Waals surface area (Å²) >= 11 is 0. The number of carbonyl (C=O) groups excluding carboxylic acids is 1. The largest absolute Gasteiger partial charge is 0.373 e. The number of likely N-dealkylation sites (tertiary alicyclic amines) is 1. The quantitative estimate of drug-likeness (QED) is 0.811. The Morgan fingerprint density at radius 2 is 2.33 bits per heavy atom. The van der Waals surface area contributed by atoms with Crippen molar-refractivity contribution in [2.45, 2.75) is 31.1 Å². The summed E-state index contributed by atoms with van der Waals surface area (Å²) in [7, 11) is 0. The number of rotatable bonds is 1. The average molecular weight is 288 g/mol. The molecule has 2 aliphatic rings. The van der Waals surface area contributed by atoms with E-state index in [1.54, 1.807) is 4.90 Å². The van der Waals surface area contributed by atoms with Crippen LogP contribution in [0.2, 0.25) is 0 Å². The third-order valence-corrected chi connectivity index (χ3v) is 4.72. The molecule has 21 heavy (non-hydrogen) atoms. The van der Waals surface area contributed by atoms with Crippen molar-refractivity contribution in [3.05, 3.63) is 39.6 Å². The molecule has 1 amide bonds. The first-order valence-corrected chi connectivity index (χ1v) is 7.18. The van der Waals surface area contributed by atoms with Crippen LogP contribution in [0.25, 0.3) is 0 Å². The lowest BCUT2D eigenvalue weighted by atomic mass is 9.77. The molecule has 2 N–H and O–H groups in total. The number of carbonyl (C=O) groups is 1. The van der Waals surface area contributed by atoms with Gasteiger partial charge in [0, 0.05) is 24.2 Å². The summed E-state index contributed by atoms with van der Waals surface area (Å²) in [5.74, 6) is -0.139. The van der Waals surface area contributed by atoms with E-state index in [0.717, 1.165) is 25.7 Å². The zero-order chi connectivity index (χ0) is 14.4. The summed E-state index contributed by atoms with van der Waals surface area (Å²) in [6, 6.07) is 1.21. The zero-order valence-electron chi connectivity index (χ0n) is 11.5. The summed E-state index contributed by atoms with van der Waals surface area (Å²) < 4.78 is 4.94. The zero-order valence-corrected chi connectivity index (χ0v) is 11.5. The third-order valence-electron chi connectivity index (χ3n) is 4.72. The number of aryl methyl sites for hydroxylation is 1. The van der Waals surface area contributed by atoms with Gasteiger partial charge in [0.05, 0.1) is 12.3 Å². The van der Waals surface area contributed by atoms with Crippen molar-refractivity contribution in [2.75, 3.05) is 13.1 Å². The summed E-state index contributed by atoms with van der Waals surface area (Å²) in [6.45, 7) is 1.34. The van der Waals surface area contributed by atoms with Crippen molar-refractivity contribution in [1.82, 2.24) is 20.3 Å². The Morgan fingerprint density at radius 3 is 3.14 bits per heavy atom. The lowest BCUT2D eigenvalue weighted by Gasteiger charge is -2.40. The molecule has 0 saturated carbocycles. The Kier molecular flexibility index (Phi) is 2.57. The molecule has 1 unspecified atom stereocenters. The first kappa shape index (κ1) is 12.4. The molecule has 0 radical (unpaired) electrons. The van der Waals surface area contributed by atoms with Gasteiger partial charge in [0.25, 0.3) is 11.5 Å². The van der Waals surface area contributed by atoms with Crippen LogP contribution in [-0.2, 0) is 11.8 Å². The minimum atomic E-state index is -0.387. The molecule has 7 heteroatoms. The van der Waals surface area contributed by atoms with Crippen LogP contribution in [0.3, 0.4) is 0 Å². The highest BCUT2D eigenvalue weighted by molar-refractivity contribution is 5.91. The predicted molar refractivity (Wildman–Crippen MR) is 73.1 cm³/mol. The molecule has 1 fully saturated rings.